The van der Waals surface area contributed by atoms with Gasteiger partial charge in [0.25, 0.3) is 0 Å². The minimum Gasteiger partial charge on any atom is -0.268 e. The molecule has 0 atom stereocenters. The van der Waals surface area contributed by atoms with Crippen LogP contribution in [0, 0.1) is 0 Å². The molecule has 106 valence electrons. The van der Waals surface area contributed by atoms with E-state index in [4.69, 9.17) is 11.6 Å². The predicted octanol–water partition coefficient (Wildman–Crippen LogP) is 2.52. The molecular formula is C13H14ClN3O2S. The maximum Gasteiger partial charge on any atom is 0.301 e. The number of nitrogens with zero attached hydrogens (tertiary/aromatic N) is 2. The van der Waals surface area contributed by atoms with E-state index >= 15 is 0 Å². The summed E-state index contributed by atoms with van der Waals surface area (Å²) in [5.74, 6) is 0. The number of anilines is 1. The summed E-state index contributed by atoms with van der Waals surface area (Å²) in [6.07, 6.45) is 2.87. The maximum atomic E-state index is 12.2. The molecule has 20 heavy (non-hydrogen) atoms. The van der Waals surface area contributed by atoms with Crippen molar-refractivity contribution in [1.82, 2.24) is 9.29 Å². The lowest BCUT2D eigenvalue weighted by atomic mass is 10.2. The average molecular weight is 312 g/mol. The van der Waals surface area contributed by atoms with Crippen LogP contribution >= 0.6 is 11.6 Å². The Morgan fingerprint density at radius 1 is 1.25 bits per heavy atom. The number of nitrogens with one attached hydrogen (secondary N) is 1. The highest BCUT2D eigenvalue weighted by molar-refractivity contribution is 7.90. The summed E-state index contributed by atoms with van der Waals surface area (Å²) in [5.41, 5.74) is 1.16. The van der Waals surface area contributed by atoms with Gasteiger partial charge in [0.05, 0.1) is 16.9 Å². The summed E-state index contributed by atoms with van der Waals surface area (Å²) >= 11 is 5.91. The molecule has 0 spiro atoms. The Kier molecular flexibility index (Phi) is 4.59. The van der Waals surface area contributed by atoms with Crippen LogP contribution in [0.2, 0.25) is 5.02 Å². The number of hydrogen-bond donors (Lipinski definition) is 1. The van der Waals surface area contributed by atoms with Crippen LogP contribution in [0.3, 0.4) is 0 Å². The first-order chi connectivity index (χ1) is 9.49. The summed E-state index contributed by atoms with van der Waals surface area (Å²) in [6.45, 7) is 0.272. The van der Waals surface area contributed by atoms with Crippen LogP contribution in [-0.4, -0.2) is 24.8 Å². The Morgan fingerprint density at radius 2 is 1.95 bits per heavy atom. The van der Waals surface area contributed by atoms with Gasteiger partial charge in [-0.25, -0.2) is 0 Å². The van der Waals surface area contributed by atoms with Crippen LogP contribution < -0.4 is 4.72 Å². The van der Waals surface area contributed by atoms with Crippen molar-refractivity contribution in [2.45, 2.75) is 6.54 Å². The van der Waals surface area contributed by atoms with Crippen molar-refractivity contribution in [1.29, 1.82) is 0 Å². The molecule has 2 aromatic rings. The highest BCUT2D eigenvalue weighted by atomic mass is 35.5. The zero-order valence-electron chi connectivity index (χ0n) is 10.8. The number of halogens is 1. The van der Waals surface area contributed by atoms with Gasteiger partial charge in [0.15, 0.2) is 0 Å². The van der Waals surface area contributed by atoms with Crippen molar-refractivity contribution in [2.24, 2.45) is 0 Å². The van der Waals surface area contributed by atoms with E-state index in [1.807, 2.05) is 30.3 Å². The average Bonchev–Trinajstić information content (AvgIpc) is 2.42. The highest BCUT2D eigenvalue weighted by Crippen LogP contribution is 2.21. The lowest BCUT2D eigenvalue weighted by Gasteiger charge is -2.18. The van der Waals surface area contributed by atoms with Crippen molar-refractivity contribution >= 4 is 27.5 Å². The van der Waals surface area contributed by atoms with Gasteiger partial charge in [0, 0.05) is 19.8 Å². The van der Waals surface area contributed by atoms with Crippen molar-refractivity contribution in [3.05, 3.63) is 59.4 Å². The van der Waals surface area contributed by atoms with Crippen LogP contribution in [0.25, 0.3) is 0 Å². The van der Waals surface area contributed by atoms with Crippen molar-refractivity contribution < 1.29 is 8.42 Å². The van der Waals surface area contributed by atoms with Gasteiger partial charge in [0.1, 0.15) is 0 Å². The molecule has 1 N–H and O–H groups in total. The number of hydrogen-bond acceptors (Lipinski definition) is 3. The van der Waals surface area contributed by atoms with Gasteiger partial charge in [-0.15, -0.1) is 0 Å². The summed E-state index contributed by atoms with van der Waals surface area (Å²) in [4.78, 5) is 3.84. The third-order valence-electron chi connectivity index (χ3n) is 2.67. The molecule has 0 aliphatic heterocycles. The van der Waals surface area contributed by atoms with E-state index in [2.05, 4.69) is 9.71 Å². The second-order valence-corrected chi connectivity index (χ2v) is 6.39. The minimum atomic E-state index is -3.68. The Balaban J connectivity index is 2.12. The van der Waals surface area contributed by atoms with E-state index in [1.165, 1.54) is 29.8 Å². The third-order valence-corrected chi connectivity index (χ3v) is 4.42. The topological polar surface area (TPSA) is 62.3 Å². The van der Waals surface area contributed by atoms with E-state index in [0.29, 0.717) is 5.02 Å². The molecule has 1 heterocycles. The molecule has 1 aromatic heterocycles. The third kappa shape index (κ3) is 3.69. The first-order valence-corrected chi connectivity index (χ1v) is 7.68. The monoisotopic (exact) mass is 311 g/mol. The van der Waals surface area contributed by atoms with Crippen LogP contribution in [0.15, 0.2) is 48.8 Å². The zero-order chi connectivity index (χ0) is 14.6. The number of aromatic nitrogens is 1. The first kappa shape index (κ1) is 14.8. The molecule has 0 saturated carbocycles. The smallest absolute Gasteiger partial charge is 0.268 e. The maximum absolute atomic E-state index is 12.2. The van der Waals surface area contributed by atoms with E-state index in [0.717, 1.165) is 5.56 Å². The standard InChI is InChI=1S/C13H14ClN3O2S/c1-17(10-11-5-3-2-4-6-11)20(18,19)16-13-9-15-8-7-12(13)14/h2-9,16H,10H2,1H3. The lowest BCUT2D eigenvalue weighted by Crippen LogP contribution is -2.32. The molecule has 5 nitrogen and oxygen atoms in total. The van der Waals surface area contributed by atoms with E-state index in [1.54, 1.807) is 0 Å². The quantitative estimate of drug-likeness (QED) is 0.923. The molecule has 0 unspecified atom stereocenters. The van der Waals surface area contributed by atoms with Crippen LogP contribution in [0.4, 0.5) is 5.69 Å². The lowest BCUT2D eigenvalue weighted by molar-refractivity contribution is 0.471. The molecule has 0 saturated heterocycles. The fraction of sp³-hybridized carbons (Fsp3) is 0.154. The fourth-order valence-corrected chi connectivity index (χ4v) is 2.72. The SMILES string of the molecule is CN(Cc1ccccc1)S(=O)(=O)Nc1cnccc1Cl. The zero-order valence-corrected chi connectivity index (χ0v) is 12.4. The summed E-state index contributed by atoms with van der Waals surface area (Å²) in [5, 5.41) is 0.302. The van der Waals surface area contributed by atoms with Gasteiger partial charge in [-0.1, -0.05) is 41.9 Å². The first-order valence-electron chi connectivity index (χ1n) is 5.86. The van der Waals surface area contributed by atoms with Gasteiger partial charge >= 0.3 is 10.2 Å². The second kappa shape index (κ2) is 6.21. The van der Waals surface area contributed by atoms with Crippen LogP contribution in [0.5, 0.6) is 0 Å². The molecule has 0 aliphatic carbocycles. The molecule has 0 bridgehead atoms. The largest absolute Gasteiger partial charge is 0.301 e. The molecule has 0 aliphatic rings. The predicted molar refractivity (Wildman–Crippen MR) is 79.7 cm³/mol. The van der Waals surface area contributed by atoms with Gasteiger partial charge in [-0.05, 0) is 11.6 Å². The molecule has 0 fully saturated rings. The van der Waals surface area contributed by atoms with Crippen LogP contribution in [0.1, 0.15) is 5.56 Å². The van der Waals surface area contributed by atoms with Gasteiger partial charge in [0.2, 0.25) is 0 Å². The van der Waals surface area contributed by atoms with Gasteiger partial charge < -0.3 is 0 Å². The Hall–Kier alpha value is -1.63. The summed E-state index contributed by atoms with van der Waals surface area (Å²) < 4.78 is 28.0. The van der Waals surface area contributed by atoms with Gasteiger partial charge in [-0.3, -0.25) is 9.71 Å². The van der Waals surface area contributed by atoms with E-state index in [-0.39, 0.29) is 12.2 Å². The Morgan fingerprint density at radius 3 is 2.60 bits per heavy atom. The minimum absolute atomic E-state index is 0.258. The van der Waals surface area contributed by atoms with Crippen LogP contribution in [-0.2, 0) is 16.8 Å². The molecule has 0 radical (unpaired) electrons. The van der Waals surface area contributed by atoms with E-state index in [9.17, 15) is 8.42 Å². The Labute approximate surface area is 123 Å². The van der Waals surface area contributed by atoms with Crippen molar-refractivity contribution in [3.8, 4) is 0 Å². The number of rotatable bonds is 5. The number of benzene rings is 1. The fourth-order valence-electron chi connectivity index (χ4n) is 1.59. The molecular weight excluding hydrogens is 298 g/mol. The summed E-state index contributed by atoms with van der Waals surface area (Å²) in [7, 11) is -2.18. The molecule has 2 rings (SSSR count). The Bertz CT molecular complexity index is 677. The summed E-state index contributed by atoms with van der Waals surface area (Å²) in [6, 6.07) is 10.9. The normalized spacial score (nSPS) is 11.6. The molecule has 0 amide bonds. The van der Waals surface area contributed by atoms with Crippen molar-refractivity contribution in [2.75, 3.05) is 11.8 Å². The van der Waals surface area contributed by atoms with Gasteiger partial charge in [-0.2, -0.15) is 12.7 Å². The number of pyridine rings is 1. The second-order valence-electron chi connectivity index (χ2n) is 4.20. The molecule has 1 aromatic carbocycles. The highest BCUT2D eigenvalue weighted by Gasteiger charge is 2.19. The van der Waals surface area contributed by atoms with Crippen molar-refractivity contribution in [3.63, 3.8) is 0 Å². The van der Waals surface area contributed by atoms with E-state index < -0.39 is 10.2 Å². The molecule has 7 heteroatoms.